The lowest BCUT2D eigenvalue weighted by atomic mass is 10.0. The van der Waals surface area contributed by atoms with Gasteiger partial charge in [-0.25, -0.2) is 14.8 Å². The zero-order valence-corrected chi connectivity index (χ0v) is 17.2. The first-order valence-corrected chi connectivity index (χ1v) is 9.99. The van der Waals surface area contributed by atoms with Crippen LogP contribution in [0.2, 0.25) is 0 Å². The Hall–Kier alpha value is -3.61. The number of benzene rings is 2. The Morgan fingerprint density at radius 2 is 1.80 bits per heavy atom. The second-order valence-corrected chi connectivity index (χ2v) is 7.40. The molecule has 0 bridgehead atoms. The predicted octanol–water partition coefficient (Wildman–Crippen LogP) is 2.71. The molecule has 2 aliphatic heterocycles. The van der Waals surface area contributed by atoms with Gasteiger partial charge in [-0.2, -0.15) is 0 Å². The average molecular weight is 403 g/mol. The first-order valence-electron chi connectivity index (χ1n) is 9.99. The zero-order chi connectivity index (χ0) is 21.1. The van der Waals surface area contributed by atoms with Crippen LogP contribution in [0.1, 0.15) is 16.7 Å². The van der Waals surface area contributed by atoms with Crippen LogP contribution in [-0.2, 0) is 9.53 Å². The van der Waals surface area contributed by atoms with Gasteiger partial charge >= 0.3 is 5.97 Å². The van der Waals surface area contributed by atoms with Crippen molar-refractivity contribution in [2.75, 3.05) is 26.2 Å². The second-order valence-electron chi connectivity index (χ2n) is 7.40. The molecule has 1 fully saturated rings. The number of carbonyl (C=O) groups excluding carboxylic acids is 1. The first kappa shape index (κ1) is 19.7. The third-order valence-electron chi connectivity index (χ3n) is 5.40. The minimum Gasteiger partial charge on any atom is -0.402 e. The number of carbonyl (C=O) groups is 1. The molecule has 0 spiro atoms. The minimum absolute atomic E-state index is 0.324. The Kier molecular flexibility index (Phi) is 5.52. The van der Waals surface area contributed by atoms with Crippen LogP contribution in [0.25, 0.3) is 0 Å². The number of ether oxygens (including phenoxy) is 1. The highest BCUT2D eigenvalue weighted by Crippen LogP contribution is 2.21. The van der Waals surface area contributed by atoms with Crippen molar-refractivity contribution >= 4 is 23.5 Å². The van der Waals surface area contributed by atoms with E-state index in [1.54, 1.807) is 6.20 Å². The van der Waals surface area contributed by atoms with E-state index in [4.69, 9.17) is 10.5 Å². The number of nitrogens with zero attached hydrogens (tertiary/aromatic N) is 4. The van der Waals surface area contributed by atoms with Gasteiger partial charge < -0.3 is 20.3 Å². The molecule has 0 atom stereocenters. The fourth-order valence-electron chi connectivity index (χ4n) is 3.46. The minimum atomic E-state index is -0.418. The van der Waals surface area contributed by atoms with Gasteiger partial charge in [-0.15, -0.1) is 0 Å². The van der Waals surface area contributed by atoms with E-state index >= 15 is 0 Å². The van der Waals surface area contributed by atoms with Gasteiger partial charge in [-0.3, -0.25) is 0 Å². The Bertz CT molecular complexity index is 1030. The van der Waals surface area contributed by atoms with Crippen molar-refractivity contribution in [3.05, 3.63) is 77.1 Å². The maximum atomic E-state index is 12.3. The molecule has 30 heavy (non-hydrogen) atoms. The van der Waals surface area contributed by atoms with Crippen molar-refractivity contribution in [3.63, 3.8) is 0 Å². The quantitative estimate of drug-likeness (QED) is 0.369. The molecule has 2 N–H and O–H groups in total. The van der Waals surface area contributed by atoms with Crippen LogP contribution in [0, 0.1) is 13.8 Å². The smallest absolute Gasteiger partial charge is 0.365 e. The van der Waals surface area contributed by atoms with E-state index < -0.39 is 5.97 Å². The standard InChI is InChI=1S/C23H25N5O2/c1-16-7-6-10-19(17(16)2)21-26-20(22(29)30-21)15-27-11-13-28(14-12-27)23(24)25-18-8-4-3-5-9-18/h3-10,15H,11-14H2,1-2H3,(H2,24,25). The number of cyclic esters (lactones) is 1. The second kappa shape index (κ2) is 8.41. The Morgan fingerprint density at radius 1 is 1.07 bits per heavy atom. The summed E-state index contributed by atoms with van der Waals surface area (Å²) in [6.45, 7) is 6.90. The van der Waals surface area contributed by atoms with Crippen molar-refractivity contribution in [2.24, 2.45) is 15.7 Å². The lowest BCUT2D eigenvalue weighted by Gasteiger charge is -2.34. The lowest BCUT2D eigenvalue weighted by Crippen LogP contribution is -2.49. The predicted molar refractivity (Wildman–Crippen MR) is 117 cm³/mol. The van der Waals surface area contributed by atoms with Crippen molar-refractivity contribution in [1.82, 2.24) is 9.80 Å². The number of rotatable bonds is 3. The van der Waals surface area contributed by atoms with Crippen molar-refractivity contribution in [2.45, 2.75) is 13.8 Å². The summed E-state index contributed by atoms with van der Waals surface area (Å²) >= 11 is 0. The van der Waals surface area contributed by atoms with Gasteiger partial charge in [-0.1, -0.05) is 30.3 Å². The summed E-state index contributed by atoms with van der Waals surface area (Å²) < 4.78 is 5.43. The molecule has 2 heterocycles. The summed E-state index contributed by atoms with van der Waals surface area (Å²) in [6, 6.07) is 15.5. The van der Waals surface area contributed by atoms with E-state index in [2.05, 4.69) is 14.9 Å². The maximum absolute atomic E-state index is 12.3. The highest BCUT2D eigenvalue weighted by molar-refractivity contribution is 6.11. The maximum Gasteiger partial charge on any atom is 0.365 e. The molecular formula is C23H25N5O2. The number of nitrogens with two attached hydrogens (primary N) is 1. The summed E-state index contributed by atoms with van der Waals surface area (Å²) in [5.74, 6) is 0.452. The number of hydrogen-bond acceptors (Lipinski definition) is 5. The molecule has 0 aromatic heterocycles. The molecule has 4 rings (SSSR count). The fourth-order valence-corrected chi connectivity index (χ4v) is 3.46. The van der Waals surface area contributed by atoms with Gasteiger partial charge in [0.2, 0.25) is 5.90 Å². The third kappa shape index (κ3) is 4.20. The highest BCUT2D eigenvalue weighted by Gasteiger charge is 2.27. The number of guanidine groups is 1. The van der Waals surface area contributed by atoms with E-state index in [-0.39, 0.29) is 0 Å². The summed E-state index contributed by atoms with van der Waals surface area (Å²) in [7, 11) is 0. The van der Waals surface area contributed by atoms with Crippen LogP contribution >= 0.6 is 0 Å². The van der Waals surface area contributed by atoms with E-state index in [1.165, 1.54) is 0 Å². The van der Waals surface area contributed by atoms with Crippen molar-refractivity contribution in [1.29, 1.82) is 0 Å². The van der Waals surface area contributed by atoms with Crippen LogP contribution in [0.3, 0.4) is 0 Å². The number of hydrogen-bond donors (Lipinski definition) is 1. The van der Waals surface area contributed by atoms with E-state index in [0.29, 0.717) is 30.6 Å². The Balaban J connectivity index is 1.43. The molecule has 0 amide bonds. The molecule has 7 nitrogen and oxygen atoms in total. The topological polar surface area (TPSA) is 83.5 Å². The number of esters is 1. The molecule has 0 unspecified atom stereocenters. The normalized spacial score (nSPS) is 18.6. The first-order chi connectivity index (χ1) is 14.5. The SMILES string of the molecule is Cc1cccc(C2=NC(=CN3CCN(C(N)=Nc4ccccc4)CC3)C(=O)O2)c1C. The molecule has 1 saturated heterocycles. The molecule has 2 aliphatic rings. The summed E-state index contributed by atoms with van der Waals surface area (Å²) in [6.07, 6.45) is 1.78. The number of aryl methyl sites for hydroxylation is 1. The van der Waals surface area contributed by atoms with Crippen LogP contribution in [0.15, 0.2) is 70.4 Å². The van der Waals surface area contributed by atoms with Crippen LogP contribution in [0.4, 0.5) is 5.69 Å². The largest absolute Gasteiger partial charge is 0.402 e. The summed E-state index contributed by atoms with van der Waals surface area (Å²) in [5.41, 5.74) is 10.4. The van der Waals surface area contributed by atoms with Crippen molar-refractivity contribution < 1.29 is 9.53 Å². The van der Waals surface area contributed by atoms with Gasteiger partial charge in [0.25, 0.3) is 0 Å². The molecule has 0 aliphatic carbocycles. The summed E-state index contributed by atoms with van der Waals surface area (Å²) in [4.78, 5) is 25.4. The van der Waals surface area contributed by atoms with Crippen LogP contribution < -0.4 is 5.73 Å². The van der Waals surface area contributed by atoms with E-state index in [0.717, 1.165) is 35.5 Å². The summed E-state index contributed by atoms with van der Waals surface area (Å²) in [5, 5.41) is 0. The van der Waals surface area contributed by atoms with Gasteiger partial charge in [0, 0.05) is 37.9 Å². The molecule has 7 heteroatoms. The molecule has 0 radical (unpaired) electrons. The molecular weight excluding hydrogens is 378 g/mol. The Labute approximate surface area is 176 Å². The van der Waals surface area contributed by atoms with Gasteiger partial charge in [-0.05, 0) is 43.2 Å². The van der Waals surface area contributed by atoms with E-state index in [1.807, 2.05) is 67.3 Å². The van der Waals surface area contributed by atoms with Gasteiger partial charge in [0.1, 0.15) is 0 Å². The fraction of sp³-hybridized carbons (Fsp3) is 0.261. The molecule has 154 valence electrons. The number of aliphatic imine (C=N–C) groups is 2. The van der Waals surface area contributed by atoms with Crippen LogP contribution in [0.5, 0.6) is 0 Å². The van der Waals surface area contributed by atoms with Crippen LogP contribution in [-0.4, -0.2) is 53.8 Å². The molecule has 2 aromatic carbocycles. The third-order valence-corrected chi connectivity index (χ3v) is 5.40. The van der Waals surface area contributed by atoms with Gasteiger partial charge in [0.15, 0.2) is 11.7 Å². The molecule has 2 aromatic rings. The zero-order valence-electron chi connectivity index (χ0n) is 17.2. The molecule has 0 saturated carbocycles. The Morgan fingerprint density at radius 3 is 2.53 bits per heavy atom. The number of piperazine rings is 1. The highest BCUT2D eigenvalue weighted by atomic mass is 16.6. The average Bonchev–Trinajstić information content (AvgIpc) is 3.11. The van der Waals surface area contributed by atoms with E-state index in [9.17, 15) is 4.79 Å². The monoisotopic (exact) mass is 403 g/mol. The van der Waals surface area contributed by atoms with Gasteiger partial charge in [0.05, 0.1) is 5.69 Å². The van der Waals surface area contributed by atoms with Crippen molar-refractivity contribution in [3.8, 4) is 0 Å². The lowest BCUT2D eigenvalue weighted by molar-refractivity contribution is -0.130. The number of para-hydroxylation sites is 1.